The fraction of sp³-hybridized carbons (Fsp3) is 0.441. The van der Waals surface area contributed by atoms with E-state index in [4.69, 9.17) is 14.6 Å². The SMILES string of the molecule is C=CCCC[C@H](Cc1ccccc1)C(=O)OC[C@@H](Cc1ccccc1)NC(=O)[C@H](CC=C)CC(=O)NCCOCCO. The lowest BCUT2D eigenvalue weighted by molar-refractivity contribution is -0.150. The number of unbranched alkanes of at least 4 members (excludes halogenated alkanes) is 1. The van der Waals surface area contributed by atoms with Gasteiger partial charge in [-0.05, 0) is 49.7 Å². The van der Waals surface area contributed by atoms with Crippen LogP contribution in [0.5, 0.6) is 0 Å². The number of hydrogen-bond donors (Lipinski definition) is 3. The quantitative estimate of drug-likeness (QED) is 0.110. The molecule has 2 aromatic rings. The Bertz CT molecular complexity index is 1080. The zero-order valence-electron chi connectivity index (χ0n) is 24.5. The number of ether oxygens (including phenoxy) is 2. The summed E-state index contributed by atoms with van der Waals surface area (Å²) in [6.07, 6.45) is 7.14. The predicted octanol–water partition coefficient (Wildman–Crippen LogP) is 4.18. The molecule has 0 aliphatic carbocycles. The van der Waals surface area contributed by atoms with E-state index < -0.39 is 12.0 Å². The van der Waals surface area contributed by atoms with Crippen molar-refractivity contribution >= 4 is 17.8 Å². The molecule has 0 bridgehead atoms. The Kier molecular flexibility index (Phi) is 17.2. The van der Waals surface area contributed by atoms with Crippen LogP contribution in [0.15, 0.2) is 86.0 Å². The van der Waals surface area contributed by atoms with Crippen molar-refractivity contribution in [1.82, 2.24) is 10.6 Å². The van der Waals surface area contributed by atoms with E-state index in [0.29, 0.717) is 25.7 Å². The Hall–Kier alpha value is -3.75. The van der Waals surface area contributed by atoms with Crippen LogP contribution >= 0.6 is 0 Å². The Morgan fingerprint density at radius 1 is 0.881 bits per heavy atom. The molecule has 0 aromatic heterocycles. The van der Waals surface area contributed by atoms with Gasteiger partial charge in [0.2, 0.25) is 11.8 Å². The summed E-state index contributed by atoms with van der Waals surface area (Å²) >= 11 is 0. The van der Waals surface area contributed by atoms with Crippen molar-refractivity contribution in [3.63, 3.8) is 0 Å². The predicted molar refractivity (Wildman–Crippen MR) is 165 cm³/mol. The van der Waals surface area contributed by atoms with Crippen molar-refractivity contribution in [3.8, 4) is 0 Å². The largest absolute Gasteiger partial charge is 0.463 e. The molecule has 8 nitrogen and oxygen atoms in total. The third kappa shape index (κ3) is 14.2. The van der Waals surface area contributed by atoms with Gasteiger partial charge in [-0.25, -0.2) is 0 Å². The maximum Gasteiger partial charge on any atom is 0.309 e. The highest BCUT2D eigenvalue weighted by Crippen LogP contribution is 2.18. The van der Waals surface area contributed by atoms with Gasteiger partial charge in [0.1, 0.15) is 6.61 Å². The summed E-state index contributed by atoms with van der Waals surface area (Å²) in [6, 6.07) is 19.1. The molecular weight excluding hydrogens is 532 g/mol. The van der Waals surface area contributed by atoms with E-state index >= 15 is 0 Å². The second-order valence-corrected chi connectivity index (χ2v) is 10.2. The van der Waals surface area contributed by atoms with Crippen LogP contribution in [-0.4, -0.2) is 61.9 Å². The minimum atomic E-state index is -0.625. The summed E-state index contributed by atoms with van der Waals surface area (Å²) in [4.78, 5) is 39.1. The van der Waals surface area contributed by atoms with Crippen molar-refractivity contribution in [2.24, 2.45) is 11.8 Å². The van der Waals surface area contributed by atoms with E-state index in [1.807, 2.05) is 66.7 Å². The minimum absolute atomic E-state index is 0.0153. The first-order valence-electron chi connectivity index (χ1n) is 14.7. The van der Waals surface area contributed by atoms with Gasteiger partial charge in [0.15, 0.2) is 0 Å². The number of aliphatic hydroxyl groups is 1. The molecule has 2 rings (SSSR count). The molecule has 0 unspecified atom stereocenters. The molecule has 0 radical (unpaired) electrons. The van der Waals surface area contributed by atoms with Crippen molar-refractivity contribution in [2.75, 3.05) is 33.0 Å². The van der Waals surface area contributed by atoms with Crippen molar-refractivity contribution in [2.45, 2.75) is 51.0 Å². The van der Waals surface area contributed by atoms with Crippen molar-refractivity contribution < 1.29 is 29.0 Å². The number of amides is 2. The van der Waals surface area contributed by atoms with Gasteiger partial charge >= 0.3 is 5.97 Å². The summed E-state index contributed by atoms with van der Waals surface area (Å²) in [5.41, 5.74) is 2.06. The zero-order chi connectivity index (χ0) is 30.4. The van der Waals surface area contributed by atoms with Gasteiger partial charge in [0.05, 0.1) is 37.7 Å². The Morgan fingerprint density at radius 3 is 2.17 bits per heavy atom. The molecule has 0 heterocycles. The molecule has 2 amide bonds. The van der Waals surface area contributed by atoms with Gasteiger partial charge in [0.25, 0.3) is 0 Å². The van der Waals surface area contributed by atoms with Crippen molar-refractivity contribution in [3.05, 3.63) is 97.1 Å². The van der Waals surface area contributed by atoms with Gasteiger partial charge in [-0.15, -0.1) is 13.2 Å². The minimum Gasteiger partial charge on any atom is -0.463 e. The van der Waals surface area contributed by atoms with Gasteiger partial charge in [-0.1, -0.05) is 72.8 Å². The average molecular weight is 579 g/mol. The molecule has 2 aromatic carbocycles. The van der Waals surface area contributed by atoms with E-state index in [1.54, 1.807) is 6.08 Å². The third-order valence-electron chi connectivity index (χ3n) is 6.78. The number of esters is 1. The summed E-state index contributed by atoms with van der Waals surface area (Å²) in [7, 11) is 0. The standard InChI is InChI=1S/C34H46N2O6/c1-3-5-8-18-30(23-27-14-9-6-10-15-27)34(40)42-26-31(24-28-16-11-7-12-17-28)36-33(39)29(13-4-2)25-32(38)35-19-21-41-22-20-37/h3-4,6-7,9-12,14-17,29-31,37H,1-2,5,8,13,18-26H2,(H,35,38)(H,36,39)/t29-,30-,31-/m1/s1. The van der Waals surface area contributed by atoms with Gasteiger partial charge < -0.3 is 25.2 Å². The van der Waals surface area contributed by atoms with Crippen LogP contribution in [0.2, 0.25) is 0 Å². The molecule has 228 valence electrons. The number of allylic oxidation sites excluding steroid dienone is 2. The lowest BCUT2D eigenvalue weighted by Crippen LogP contribution is -2.44. The van der Waals surface area contributed by atoms with Crippen LogP contribution in [0.4, 0.5) is 0 Å². The first-order chi connectivity index (χ1) is 20.5. The van der Waals surface area contributed by atoms with E-state index in [2.05, 4.69) is 23.8 Å². The molecule has 0 saturated carbocycles. The number of benzene rings is 2. The van der Waals surface area contributed by atoms with Crippen LogP contribution in [0.25, 0.3) is 0 Å². The summed E-state index contributed by atoms with van der Waals surface area (Å²) in [6.45, 7) is 8.21. The first kappa shape index (κ1) is 34.5. The molecule has 0 spiro atoms. The number of aliphatic hydroxyl groups excluding tert-OH is 1. The topological polar surface area (TPSA) is 114 Å². The lowest BCUT2D eigenvalue weighted by Gasteiger charge is -2.24. The zero-order valence-corrected chi connectivity index (χ0v) is 24.5. The van der Waals surface area contributed by atoms with E-state index in [0.717, 1.165) is 24.0 Å². The fourth-order valence-corrected chi connectivity index (χ4v) is 4.59. The number of carbonyl (C=O) groups excluding carboxylic acids is 3. The highest BCUT2D eigenvalue weighted by molar-refractivity contribution is 5.86. The van der Waals surface area contributed by atoms with E-state index in [9.17, 15) is 14.4 Å². The molecular formula is C34H46N2O6. The highest BCUT2D eigenvalue weighted by atomic mass is 16.5. The van der Waals surface area contributed by atoms with Crippen LogP contribution in [0, 0.1) is 11.8 Å². The second kappa shape index (κ2) is 21.0. The molecule has 0 saturated heterocycles. The lowest BCUT2D eigenvalue weighted by atomic mass is 9.94. The molecule has 0 aliphatic heterocycles. The molecule has 8 heteroatoms. The van der Waals surface area contributed by atoms with Gasteiger partial charge in [-0.3, -0.25) is 14.4 Å². The maximum atomic E-state index is 13.3. The number of nitrogens with one attached hydrogen (secondary N) is 2. The maximum absolute atomic E-state index is 13.3. The molecule has 3 N–H and O–H groups in total. The normalized spacial score (nSPS) is 12.9. The van der Waals surface area contributed by atoms with Crippen LogP contribution in [-0.2, 0) is 36.7 Å². The molecule has 42 heavy (non-hydrogen) atoms. The van der Waals surface area contributed by atoms with Crippen molar-refractivity contribution in [1.29, 1.82) is 0 Å². The molecule has 3 atom stereocenters. The van der Waals surface area contributed by atoms with Crippen LogP contribution in [0.1, 0.15) is 43.2 Å². The Labute approximate surface area is 250 Å². The highest BCUT2D eigenvalue weighted by Gasteiger charge is 2.26. The van der Waals surface area contributed by atoms with Gasteiger partial charge in [-0.2, -0.15) is 0 Å². The second-order valence-electron chi connectivity index (χ2n) is 10.2. The number of hydrogen-bond acceptors (Lipinski definition) is 6. The smallest absolute Gasteiger partial charge is 0.309 e. The number of carbonyl (C=O) groups is 3. The summed E-state index contributed by atoms with van der Waals surface area (Å²) in [5.74, 6) is -1.80. The van der Waals surface area contributed by atoms with E-state index in [-0.39, 0.29) is 63.1 Å². The average Bonchev–Trinajstić information content (AvgIpc) is 3.00. The van der Waals surface area contributed by atoms with E-state index in [1.165, 1.54) is 0 Å². The molecule has 0 aliphatic rings. The first-order valence-corrected chi connectivity index (χ1v) is 14.7. The fourth-order valence-electron chi connectivity index (χ4n) is 4.59. The summed E-state index contributed by atoms with van der Waals surface area (Å²) < 4.78 is 11.0. The third-order valence-corrected chi connectivity index (χ3v) is 6.78. The molecule has 0 fully saturated rings. The monoisotopic (exact) mass is 578 g/mol. The van der Waals surface area contributed by atoms with Crippen LogP contribution < -0.4 is 10.6 Å². The van der Waals surface area contributed by atoms with Gasteiger partial charge in [0, 0.05) is 13.0 Å². The Morgan fingerprint density at radius 2 is 1.55 bits per heavy atom. The summed E-state index contributed by atoms with van der Waals surface area (Å²) in [5, 5.41) is 14.5. The number of rotatable bonds is 22. The Balaban J connectivity index is 2.06. The van der Waals surface area contributed by atoms with Crippen LogP contribution in [0.3, 0.4) is 0 Å².